The molecule has 1 amide bonds. The molecule has 2 aromatic rings. The fourth-order valence-corrected chi connectivity index (χ4v) is 6.57. The maximum absolute atomic E-state index is 13.8. The van der Waals surface area contributed by atoms with Crippen molar-refractivity contribution in [1.82, 2.24) is 5.32 Å². The number of ether oxygens (including phenoxy) is 1. The second-order valence-electron chi connectivity index (χ2n) is 10.8. The molecule has 2 aromatic carbocycles. The summed E-state index contributed by atoms with van der Waals surface area (Å²) in [6.07, 6.45) is 12.4. The second kappa shape index (κ2) is 12.5. The Morgan fingerprint density at radius 2 is 1.59 bits per heavy atom. The molecule has 1 fully saturated rings. The van der Waals surface area contributed by atoms with E-state index in [4.69, 9.17) is 27.9 Å². The lowest BCUT2D eigenvalue weighted by Gasteiger charge is -2.44. The van der Waals surface area contributed by atoms with Crippen molar-refractivity contribution in [2.24, 2.45) is 0 Å². The number of nitrogens with one attached hydrogen (secondary N) is 1. The van der Waals surface area contributed by atoms with Crippen LogP contribution in [0.5, 0.6) is 11.5 Å². The Bertz CT molecular complexity index is 1090. The molecule has 0 spiro atoms. The summed E-state index contributed by atoms with van der Waals surface area (Å²) in [6, 6.07) is 11.1. The third kappa shape index (κ3) is 6.55. The first kappa shape index (κ1) is 28.5. The number of allylic oxidation sites excluding steroid dienone is 1. The molecule has 7 heteroatoms. The van der Waals surface area contributed by atoms with Crippen LogP contribution in [0.2, 0.25) is 10.0 Å². The number of likely N-dealkylation sites (tertiary alicyclic amines) is 1. The highest BCUT2D eigenvalue weighted by molar-refractivity contribution is 6.31. The number of rotatable bonds is 5. The van der Waals surface area contributed by atoms with Crippen LogP contribution in [0.15, 0.2) is 48.0 Å². The number of amides is 1. The highest BCUT2D eigenvalue weighted by Crippen LogP contribution is 2.46. The molecule has 2 heterocycles. The lowest BCUT2D eigenvalue weighted by Crippen LogP contribution is -3.00. The van der Waals surface area contributed by atoms with Gasteiger partial charge in [-0.2, -0.15) is 0 Å². The molecular formula is C30H37BrCl2N2O2. The van der Waals surface area contributed by atoms with Crippen LogP contribution in [0.25, 0.3) is 0 Å². The first-order chi connectivity index (χ1) is 17.5. The van der Waals surface area contributed by atoms with E-state index < -0.39 is 5.92 Å². The van der Waals surface area contributed by atoms with Crippen molar-refractivity contribution >= 4 is 29.1 Å². The number of fused-ring (bicyclic) bond motifs is 2. The monoisotopic (exact) mass is 606 g/mol. The van der Waals surface area contributed by atoms with Crippen LogP contribution >= 0.6 is 23.2 Å². The number of carbonyl (C=O) groups is 1. The Balaban J connectivity index is 0.00000320. The van der Waals surface area contributed by atoms with E-state index in [1.165, 1.54) is 45.1 Å². The van der Waals surface area contributed by atoms with Gasteiger partial charge < -0.3 is 31.5 Å². The minimum Gasteiger partial charge on any atom is -1.00 e. The Morgan fingerprint density at radius 3 is 2.22 bits per heavy atom. The normalized spacial score (nSPS) is 25.2. The number of hydrogen-bond acceptors (Lipinski definition) is 2. The van der Waals surface area contributed by atoms with E-state index in [1.54, 1.807) is 17.7 Å². The molecule has 0 saturated carbocycles. The van der Waals surface area contributed by atoms with E-state index in [1.807, 2.05) is 24.3 Å². The molecule has 3 aliphatic rings. The van der Waals surface area contributed by atoms with Gasteiger partial charge in [-0.25, -0.2) is 0 Å². The number of hydrogen-bond donors (Lipinski definition) is 1. The van der Waals surface area contributed by atoms with Crippen LogP contribution in [-0.2, 0) is 4.79 Å². The van der Waals surface area contributed by atoms with Crippen molar-refractivity contribution in [1.29, 1.82) is 0 Å². The van der Waals surface area contributed by atoms with Crippen LogP contribution in [0, 0.1) is 0 Å². The summed E-state index contributed by atoms with van der Waals surface area (Å²) < 4.78 is 7.23. The fourth-order valence-electron chi connectivity index (χ4n) is 6.21. The zero-order valence-electron chi connectivity index (χ0n) is 21.6. The summed E-state index contributed by atoms with van der Waals surface area (Å²) in [5, 5.41) is 4.57. The number of quaternary nitrogens is 1. The highest BCUT2D eigenvalue weighted by atomic mass is 79.9. The molecule has 1 N–H and O–H groups in total. The zero-order chi connectivity index (χ0) is 25.1. The second-order valence-corrected chi connectivity index (χ2v) is 11.6. The lowest BCUT2D eigenvalue weighted by molar-refractivity contribution is -0.927. The molecule has 1 saturated heterocycles. The topological polar surface area (TPSA) is 38.3 Å². The van der Waals surface area contributed by atoms with E-state index >= 15 is 0 Å². The average molecular weight is 608 g/mol. The van der Waals surface area contributed by atoms with Crippen LogP contribution < -0.4 is 27.0 Å². The standard InChI is InChI=1S/C30H36Cl2N2O2.BrH/c1-2-34(20-21-8-6-4-3-5-7-9-21)16-14-24(15-17-34)33-30(35)29-25-18-22(31)10-12-27(25)36-28-13-11-23(32)19-26(28)29;/h8,10-13,18-19,24,29H,2-7,9,14-17,20H2,1H3;1H/b21-8+;/t24-,34-;. The molecular weight excluding hydrogens is 571 g/mol. The predicted octanol–water partition coefficient (Wildman–Crippen LogP) is 4.63. The minimum atomic E-state index is -0.492. The number of likely N-dealkylation sites (N-methyl/N-ethyl adjacent to an activating group) is 1. The largest absolute Gasteiger partial charge is 1.00 e. The molecule has 0 radical (unpaired) electrons. The smallest absolute Gasteiger partial charge is 0.232 e. The van der Waals surface area contributed by atoms with Crippen LogP contribution in [0.3, 0.4) is 0 Å². The molecule has 5 rings (SSSR count). The van der Waals surface area contributed by atoms with Gasteiger partial charge in [0.25, 0.3) is 0 Å². The summed E-state index contributed by atoms with van der Waals surface area (Å²) in [5.74, 6) is 0.849. The van der Waals surface area contributed by atoms with Gasteiger partial charge in [0.05, 0.1) is 25.6 Å². The summed E-state index contributed by atoms with van der Waals surface area (Å²) in [7, 11) is 0. The fraction of sp³-hybridized carbons (Fsp3) is 0.500. The molecule has 37 heavy (non-hydrogen) atoms. The first-order valence-corrected chi connectivity index (χ1v) is 14.3. The van der Waals surface area contributed by atoms with Crippen LogP contribution in [0.1, 0.15) is 75.3 Å². The quantitative estimate of drug-likeness (QED) is 0.398. The summed E-state index contributed by atoms with van der Waals surface area (Å²) in [5.41, 5.74) is 3.24. The van der Waals surface area contributed by atoms with Crippen molar-refractivity contribution < 1.29 is 31.0 Å². The third-order valence-corrected chi connectivity index (χ3v) is 8.86. The summed E-state index contributed by atoms with van der Waals surface area (Å²) in [4.78, 5) is 13.8. The van der Waals surface area contributed by atoms with Gasteiger partial charge in [0.1, 0.15) is 18.0 Å². The third-order valence-electron chi connectivity index (χ3n) is 8.39. The number of benzene rings is 2. The number of halogens is 3. The Morgan fingerprint density at radius 1 is 0.973 bits per heavy atom. The van der Waals surface area contributed by atoms with Gasteiger partial charge in [-0.05, 0) is 74.6 Å². The summed E-state index contributed by atoms with van der Waals surface area (Å²) >= 11 is 12.6. The molecule has 0 bridgehead atoms. The van der Waals surface area contributed by atoms with Crippen molar-refractivity contribution in [3.63, 3.8) is 0 Å². The Labute approximate surface area is 241 Å². The average Bonchev–Trinajstić information content (AvgIpc) is 2.85. The molecule has 0 atom stereocenters. The van der Waals surface area contributed by atoms with Crippen molar-refractivity contribution in [3.05, 3.63) is 69.2 Å². The molecule has 200 valence electrons. The van der Waals surface area contributed by atoms with Crippen molar-refractivity contribution in [2.75, 3.05) is 26.2 Å². The summed E-state index contributed by atoms with van der Waals surface area (Å²) in [6.45, 7) is 6.87. The predicted molar refractivity (Wildman–Crippen MR) is 147 cm³/mol. The van der Waals surface area contributed by atoms with Gasteiger partial charge in [0, 0.05) is 40.1 Å². The maximum atomic E-state index is 13.8. The van der Waals surface area contributed by atoms with E-state index in [0.29, 0.717) is 21.5 Å². The molecule has 2 aliphatic heterocycles. The molecule has 0 unspecified atom stereocenters. The Hall–Kier alpha value is -1.53. The van der Waals surface area contributed by atoms with Gasteiger partial charge in [0.2, 0.25) is 5.91 Å². The van der Waals surface area contributed by atoms with Crippen LogP contribution in [-0.4, -0.2) is 42.6 Å². The van der Waals surface area contributed by atoms with E-state index in [-0.39, 0.29) is 28.9 Å². The zero-order valence-corrected chi connectivity index (χ0v) is 24.7. The van der Waals surface area contributed by atoms with Crippen LogP contribution in [0.4, 0.5) is 0 Å². The number of piperidine rings is 1. The van der Waals surface area contributed by atoms with E-state index in [0.717, 1.165) is 48.1 Å². The van der Waals surface area contributed by atoms with Crippen molar-refractivity contribution in [2.45, 2.75) is 70.3 Å². The highest BCUT2D eigenvalue weighted by Gasteiger charge is 2.37. The van der Waals surface area contributed by atoms with Gasteiger partial charge >= 0.3 is 0 Å². The van der Waals surface area contributed by atoms with E-state index in [2.05, 4.69) is 18.3 Å². The minimum absolute atomic E-state index is 0. The lowest BCUT2D eigenvalue weighted by atomic mass is 9.86. The first-order valence-electron chi connectivity index (χ1n) is 13.6. The number of nitrogens with zero attached hydrogens (tertiary/aromatic N) is 1. The van der Waals surface area contributed by atoms with Gasteiger partial charge in [-0.15, -0.1) is 0 Å². The molecule has 1 aliphatic carbocycles. The van der Waals surface area contributed by atoms with Gasteiger partial charge in [0.15, 0.2) is 0 Å². The van der Waals surface area contributed by atoms with Crippen molar-refractivity contribution in [3.8, 4) is 11.5 Å². The number of carbonyl (C=O) groups excluding carboxylic acids is 1. The SMILES string of the molecule is CC[N@+]1(C/C2=C/CCCCCC2)CC[C@H](NC(=O)C2c3cc(Cl)ccc3Oc3ccc(Cl)cc32)CC1.[Br-]. The Kier molecular flexibility index (Phi) is 9.66. The van der Waals surface area contributed by atoms with E-state index in [9.17, 15) is 4.79 Å². The molecule has 0 aromatic heterocycles. The van der Waals surface area contributed by atoms with Gasteiger partial charge in [-0.3, -0.25) is 4.79 Å². The molecule has 4 nitrogen and oxygen atoms in total. The maximum Gasteiger partial charge on any atom is 0.232 e. The van der Waals surface area contributed by atoms with Gasteiger partial charge in [-0.1, -0.05) is 42.1 Å².